The van der Waals surface area contributed by atoms with Crippen LogP contribution in [0.3, 0.4) is 0 Å². The van der Waals surface area contributed by atoms with Crippen LogP contribution in [0, 0.1) is 19.8 Å². The molecule has 0 saturated carbocycles. The van der Waals surface area contributed by atoms with Gasteiger partial charge in [-0.3, -0.25) is 9.59 Å². The molecule has 0 atom stereocenters. The minimum Gasteiger partial charge on any atom is -0.459 e. The molecule has 0 unspecified atom stereocenters. The first-order valence-electron chi connectivity index (χ1n) is 10.3. The van der Waals surface area contributed by atoms with E-state index < -0.39 is 5.97 Å². The number of likely N-dealkylation sites (tertiary alicyclic amines) is 1. The lowest BCUT2D eigenvalue weighted by Gasteiger charge is -2.31. The zero-order chi connectivity index (χ0) is 21.8. The van der Waals surface area contributed by atoms with E-state index in [4.69, 9.17) is 4.74 Å². The van der Waals surface area contributed by atoms with E-state index in [-0.39, 0.29) is 23.8 Å². The summed E-state index contributed by atoms with van der Waals surface area (Å²) in [7, 11) is 0. The number of aromatic amines is 1. The van der Waals surface area contributed by atoms with Gasteiger partial charge in [0.2, 0.25) is 5.91 Å². The Morgan fingerprint density at radius 3 is 2.33 bits per heavy atom. The van der Waals surface area contributed by atoms with Crippen molar-refractivity contribution in [3.8, 4) is 0 Å². The number of hydrogen-bond acceptors (Lipinski definition) is 4. The number of hydrogen-bond donors (Lipinski definition) is 2. The topological polar surface area (TPSA) is 91.5 Å². The summed E-state index contributed by atoms with van der Waals surface area (Å²) in [4.78, 5) is 42.7. The average molecular weight is 412 g/mol. The number of benzene rings is 1. The number of rotatable bonds is 5. The van der Waals surface area contributed by atoms with E-state index in [1.54, 1.807) is 32.6 Å². The Kier molecular flexibility index (Phi) is 6.59. The Morgan fingerprint density at radius 2 is 1.73 bits per heavy atom. The summed E-state index contributed by atoms with van der Waals surface area (Å²) in [6.07, 6.45) is 0.975. The van der Waals surface area contributed by atoms with Crippen LogP contribution in [0.2, 0.25) is 0 Å². The van der Waals surface area contributed by atoms with Gasteiger partial charge in [0.25, 0.3) is 5.91 Å². The molecule has 0 radical (unpaired) electrons. The van der Waals surface area contributed by atoms with E-state index in [1.807, 2.05) is 30.3 Å². The molecule has 1 aliphatic heterocycles. The van der Waals surface area contributed by atoms with E-state index in [0.717, 1.165) is 5.69 Å². The number of nitrogens with zero attached hydrogens (tertiary/aromatic N) is 1. The standard InChI is InChI=1S/C23H29N3O4/c1-14(2)30-23(29)19-15(3)20(24-16(19)4)22(28)26-12-10-17(11-13-26)21(27)25-18-8-6-5-7-9-18/h5-9,14,17,24H,10-13H2,1-4H3,(H,25,27). The van der Waals surface area contributed by atoms with Gasteiger partial charge in [-0.05, 0) is 58.2 Å². The van der Waals surface area contributed by atoms with Crippen LogP contribution in [-0.2, 0) is 9.53 Å². The molecule has 1 aromatic heterocycles. The number of amides is 2. The number of nitrogens with one attached hydrogen (secondary N) is 2. The second-order valence-electron chi connectivity index (χ2n) is 8.00. The molecule has 7 nitrogen and oxygen atoms in total. The van der Waals surface area contributed by atoms with Gasteiger partial charge < -0.3 is 19.9 Å². The molecule has 0 bridgehead atoms. The molecule has 1 aliphatic rings. The predicted molar refractivity (Wildman–Crippen MR) is 115 cm³/mol. The molecule has 1 saturated heterocycles. The van der Waals surface area contributed by atoms with Crippen molar-refractivity contribution < 1.29 is 19.1 Å². The second-order valence-corrected chi connectivity index (χ2v) is 8.00. The molecular weight excluding hydrogens is 382 g/mol. The third-order valence-corrected chi connectivity index (χ3v) is 5.39. The highest BCUT2D eigenvalue weighted by atomic mass is 16.5. The van der Waals surface area contributed by atoms with Crippen molar-refractivity contribution in [3.63, 3.8) is 0 Å². The lowest BCUT2D eigenvalue weighted by molar-refractivity contribution is -0.121. The lowest BCUT2D eigenvalue weighted by Crippen LogP contribution is -2.41. The van der Waals surface area contributed by atoms with Crippen LogP contribution in [0.4, 0.5) is 5.69 Å². The number of para-hydroxylation sites is 1. The largest absolute Gasteiger partial charge is 0.459 e. The summed E-state index contributed by atoms with van der Waals surface area (Å²) in [6, 6.07) is 9.37. The molecule has 1 aromatic carbocycles. The summed E-state index contributed by atoms with van der Waals surface area (Å²) < 4.78 is 5.30. The van der Waals surface area contributed by atoms with Crippen molar-refractivity contribution in [2.75, 3.05) is 18.4 Å². The van der Waals surface area contributed by atoms with Crippen molar-refractivity contribution in [2.45, 2.75) is 46.6 Å². The summed E-state index contributed by atoms with van der Waals surface area (Å²) >= 11 is 0. The Morgan fingerprint density at radius 1 is 1.10 bits per heavy atom. The van der Waals surface area contributed by atoms with Crippen molar-refractivity contribution in [3.05, 3.63) is 52.8 Å². The zero-order valence-electron chi connectivity index (χ0n) is 18.0. The maximum Gasteiger partial charge on any atom is 0.340 e. The summed E-state index contributed by atoms with van der Waals surface area (Å²) in [5.74, 6) is -0.719. The van der Waals surface area contributed by atoms with E-state index in [9.17, 15) is 14.4 Å². The molecule has 0 spiro atoms. The van der Waals surface area contributed by atoms with Crippen molar-refractivity contribution in [1.29, 1.82) is 0 Å². The third-order valence-electron chi connectivity index (χ3n) is 5.39. The molecular formula is C23H29N3O4. The molecule has 2 heterocycles. The number of carbonyl (C=O) groups is 3. The fourth-order valence-corrected chi connectivity index (χ4v) is 3.81. The van der Waals surface area contributed by atoms with Crippen molar-refractivity contribution in [1.82, 2.24) is 9.88 Å². The Labute approximate surface area is 176 Å². The van der Waals surface area contributed by atoms with Crippen molar-refractivity contribution >= 4 is 23.5 Å². The van der Waals surface area contributed by atoms with Gasteiger partial charge in [-0.1, -0.05) is 18.2 Å². The van der Waals surface area contributed by atoms with Gasteiger partial charge in [0.1, 0.15) is 5.69 Å². The first-order chi connectivity index (χ1) is 14.3. The highest BCUT2D eigenvalue weighted by molar-refractivity contribution is 6.00. The molecule has 1 fully saturated rings. The molecule has 7 heteroatoms. The molecule has 0 aliphatic carbocycles. The van der Waals surface area contributed by atoms with Crippen LogP contribution in [-0.4, -0.2) is 46.9 Å². The Balaban J connectivity index is 1.63. The van der Waals surface area contributed by atoms with Gasteiger partial charge in [-0.15, -0.1) is 0 Å². The number of carbonyl (C=O) groups excluding carboxylic acids is 3. The van der Waals surface area contributed by atoms with Crippen LogP contribution >= 0.6 is 0 Å². The van der Waals surface area contributed by atoms with Gasteiger partial charge in [-0.25, -0.2) is 4.79 Å². The van der Waals surface area contributed by atoms with Crippen LogP contribution in [0.1, 0.15) is 58.8 Å². The molecule has 160 valence electrons. The molecule has 3 rings (SSSR count). The van der Waals surface area contributed by atoms with Gasteiger partial charge in [0.05, 0.1) is 11.7 Å². The van der Waals surface area contributed by atoms with E-state index in [1.165, 1.54) is 0 Å². The maximum absolute atomic E-state index is 13.0. The Bertz CT molecular complexity index is 925. The van der Waals surface area contributed by atoms with Gasteiger partial charge >= 0.3 is 5.97 Å². The van der Waals surface area contributed by atoms with Crippen LogP contribution in [0.5, 0.6) is 0 Å². The van der Waals surface area contributed by atoms with Gasteiger partial charge in [0.15, 0.2) is 0 Å². The highest BCUT2D eigenvalue weighted by Crippen LogP contribution is 2.24. The number of aryl methyl sites for hydroxylation is 1. The number of anilines is 1. The number of ether oxygens (including phenoxy) is 1. The van der Waals surface area contributed by atoms with Crippen LogP contribution < -0.4 is 5.32 Å². The van der Waals surface area contributed by atoms with Crippen LogP contribution in [0.15, 0.2) is 30.3 Å². The first kappa shape index (κ1) is 21.6. The molecule has 2 N–H and O–H groups in total. The van der Waals surface area contributed by atoms with Crippen LogP contribution in [0.25, 0.3) is 0 Å². The quantitative estimate of drug-likeness (QED) is 0.734. The normalized spacial score (nSPS) is 14.6. The first-order valence-corrected chi connectivity index (χ1v) is 10.3. The van der Waals surface area contributed by atoms with E-state index in [0.29, 0.717) is 48.4 Å². The average Bonchev–Trinajstić information content (AvgIpc) is 3.02. The van der Waals surface area contributed by atoms with Crippen molar-refractivity contribution in [2.24, 2.45) is 5.92 Å². The predicted octanol–water partition coefficient (Wildman–Crippen LogP) is 3.69. The monoisotopic (exact) mass is 411 g/mol. The minimum absolute atomic E-state index is 0.0149. The minimum atomic E-state index is -0.424. The number of esters is 1. The molecule has 30 heavy (non-hydrogen) atoms. The SMILES string of the molecule is Cc1[nH]c(C(=O)N2CCC(C(=O)Nc3ccccc3)CC2)c(C)c1C(=O)OC(C)C. The summed E-state index contributed by atoms with van der Waals surface area (Å²) in [5, 5.41) is 2.94. The summed E-state index contributed by atoms with van der Waals surface area (Å²) in [5.41, 5.74) is 2.84. The highest BCUT2D eigenvalue weighted by Gasteiger charge is 2.31. The molecule has 2 aromatic rings. The number of piperidine rings is 1. The Hall–Kier alpha value is -3.09. The fourth-order valence-electron chi connectivity index (χ4n) is 3.81. The molecule has 2 amide bonds. The van der Waals surface area contributed by atoms with E-state index >= 15 is 0 Å². The third kappa shape index (κ3) is 4.72. The summed E-state index contributed by atoms with van der Waals surface area (Å²) in [6.45, 7) is 8.09. The maximum atomic E-state index is 13.0. The second kappa shape index (κ2) is 9.15. The fraction of sp³-hybridized carbons (Fsp3) is 0.435. The number of aromatic nitrogens is 1. The van der Waals surface area contributed by atoms with Gasteiger partial charge in [-0.2, -0.15) is 0 Å². The smallest absolute Gasteiger partial charge is 0.340 e. The van der Waals surface area contributed by atoms with Gasteiger partial charge in [0, 0.05) is 30.4 Å². The van der Waals surface area contributed by atoms with E-state index in [2.05, 4.69) is 10.3 Å². The number of H-pyrrole nitrogens is 1. The lowest BCUT2D eigenvalue weighted by atomic mass is 9.95. The zero-order valence-corrected chi connectivity index (χ0v) is 18.0.